The molecule has 1 heterocycles. The maximum atomic E-state index is 9.56. The standard InChI is InChI=1S/C9H9NO2/c11-8-4-3-7-6(9(8)12)2-1-5-10-7/h1-5,8-9,11-12H/t8-,9+/m0/s1/i8D. The van der Waals surface area contributed by atoms with Crippen molar-refractivity contribution in [3.8, 4) is 0 Å². The third-order valence-electron chi connectivity index (χ3n) is 1.86. The highest BCUT2D eigenvalue weighted by molar-refractivity contribution is 5.54. The molecule has 1 aliphatic carbocycles. The first-order chi connectivity index (χ1) is 6.11. The molecule has 1 aliphatic rings. The summed E-state index contributed by atoms with van der Waals surface area (Å²) in [5, 5.41) is 19.0. The van der Waals surface area contributed by atoms with Crippen LogP contribution in [0.5, 0.6) is 0 Å². The fraction of sp³-hybridized carbons (Fsp3) is 0.222. The average Bonchev–Trinajstić information content (AvgIpc) is 2.13. The summed E-state index contributed by atoms with van der Waals surface area (Å²) in [6.07, 6.45) is 1.21. The fourth-order valence-electron chi connectivity index (χ4n) is 1.22. The number of aliphatic hydroxyl groups excluding tert-OH is 1. The molecule has 12 heavy (non-hydrogen) atoms. The van der Waals surface area contributed by atoms with Crippen molar-refractivity contribution >= 4 is 6.08 Å². The molecule has 3 nitrogen and oxygen atoms in total. The molecule has 2 atom stereocenters. The van der Waals surface area contributed by atoms with Crippen molar-refractivity contribution in [3.05, 3.63) is 35.7 Å². The molecular weight excluding hydrogens is 154 g/mol. The summed E-state index contributed by atoms with van der Waals surface area (Å²) in [5.41, 5.74) is 1.09. The van der Waals surface area contributed by atoms with Crippen molar-refractivity contribution < 1.29 is 11.6 Å². The number of pyridine rings is 1. The largest absolute Gasteiger partial charge is 0.386 e. The van der Waals surface area contributed by atoms with Crippen LogP contribution in [0.4, 0.5) is 0 Å². The van der Waals surface area contributed by atoms with Gasteiger partial charge in [-0.1, -0.05) is 12.1 Å². The molecule has 2 rings (SSSR count). The van der Waals surface area contributed by atoms with Gasteiger partial charge in [0.2, 0.25) is 0 Å². The minimum absolute atomic E-state index is 0.488. The molecular formula is C9H9NO2. The first kappa shape index (κ1) is 6.34. The lowest BCUT2D eigenvalue weighted by atomic mass is 9.97. The molecule has 0 saturated heterocycles. The summed E-state index contributed by atoms with van der Waals surface area (Å²) in [4.78, 5) is 3.99. The normalized spacial score (nSPS) is 34.2. The van der Waals surface area contributed by atoms with Crippen molar-refractivity contribution in [1.82, 2.24) is 4.98 Å². The Hall–Kier alpha value is -1.19. The van der Waals surface area contributed by atoms with E-state index in [1.54, 1.807) is 18.3 Å². The van der Waals surface area contributed by atoms with Crippen molar-refractivity contribution in [2.24, 2.45) is 0 Å². The maximum Gasteiger partial charge on any atom is 0.111 e. The van der Waals surface area contributed by atoms with E-state index in [0.717, 1.165) is 0 Å². The van der Waals surface area contributed by atoms with E-state index in [-0.39, 0.29) is 0 Å². The van der Waals surface area contributed by atoms with Crippen LogP contribution < -0.4 is 0 Å². The summed E-state index contributed by atoms with van der Waals surface area (Å²) in [5.74, 6) is 0. The monoisotopic (exact) mass is 164 g/mol. The van der Waals surface area contributed by atoms with Crippen molar-refractivity contribution in [2.75, 3.05) is 0 Å². The Balaban J connectivity index is 2.55. The fourth-order valence-corrected chi connectivity index (χ4v) is 1.22. The SMILES string of the molecule is [2H][C@]1(O)C=Cc2ncccc2[C@H]1O. The molecule has 1 aromatic rings. The van der Waals surface area contributed by atoms with Crippen LogP contribution in [0.1, 0.15) is 18.7 Å². The van der Waals surface area contributed by atoms with Crippen molar-refractivity contribution in [2.45, 2.75) is 12.2 Å². The zero-order valence-electron chi connectivity index (χ0n) is 7.31. The van der Waals surface area contributed by atoms with Crippen LogP contribution in [0.3, 0.4) is 0 Å². The van der Waals surface area contributed by atoms with Crippen LogP contribution in [0.2, 0.25) is 0 Å². The smallest absolute Gasteiger partial charge is 0.111 e. The summed E-state index contributed by atoms with van der Waals surface area (Å²) in [6.45, 7) is 0. The van der Waals surface area contributed by atoms with Gasteiger partial charge in [-0.05, 0) is 12.1 Å². The van der Waals surface area contributed by atoms with E-state index < -0.39 is 12.2 Å². The number of hydrogen-bond donors (Lipinski definition) is 2. The third-order valence-corrected chi connectivity index (χ3v) is 1.86. The lowest BCUT2D eigenvalue weighted by Gasteiger charge is -2.20. The lowest BCUT2D eigenvalue weighted by Crippen LogP contribution is -2.19. The minimum Gasteiger partial charge on any atom is -0.386 e. The van der Waals surface area contributed by atoms with E-state index in [4.69, 9.17) is 1.37 Å². The number of aliphatic hydroxyl groups is 2. The van der Waals surface area contributed by atoms with Crippen LogP contribution in [0, 0.1) is 0 Å². The van der Waals surface area contributed by atoms with Gasteiger partial charge in [0.25, 0.3) is 0 Å². The van der Waals surface area contributed by atoms with Gasteiger partial charge in [0, 0.05) is 11.8 Å². The molecule has 2 N–H and O–H groups in total. The Labute approximate surface area is 71.4 Å². The summed E-state index contributed by atoms with van der Waals surface area (Å²) < 4.78 is 7.35. The van der Waals surface area contributed by atoms with Gasteiger partial charge in [-0.15, -0.1) is 0 Å². The lowest BCUT2D eigenvalue weighted by molar-refractivity contribution is 0.0467. The van der Waals surface area contributed by atoms with Crippen LogP contribution in [-0.4, -0.2) is 21.3 Å². The summed E-state index contributed by atoms with van der Waals surface area (Å²) in [7, 11) is 0. The number of hydrogen-bond acceptors (Lipinski definition) is 3. The topological polar surface area (TPSA) is 53.4 Å². The second kappa shape index (κ2) is 2.69. The van der Waals surface area contributed by atoms with E-state index in [1.807, 2.05) is 0 Å². The molecule has 0 saturated carbocycles. The molecule has 62 valence electrons. The van der Waals surface area contributed by atoms with Gasteiger partial charge in [0.15, 0.2) is 0 Å². The van der Waals surface area contributed by atoms with E-state index in [0.29, 0.717) is 11.3 Å². The highest BCUT2D eigenvalue weighted by Gasteiger charge is 2.21. The maximum absolute atomic E-state index is 9.56. The Kier molecular flexibility index (Phi) is 1.42. The minimum atomic E-state index is -1.93. The Bertz CT molecular complexity index is 362. The molecule has 0 aliphatic heterocycles. The predicted molar refractivity (Wildman–Crippen MR) is 44.2 cm³/mol. The second-order valence-corrected chi connectivity index (χ2v) is 2.64. The van der Waals surface area contributed by atoms with Gasteiger partial charge >= 0.3 is 0 Å². The highest BCUT2D eigenvalue weighted by atomic mass is 16.3. The molecule has 1 aromatic heterocycles. The molecule has 0 unspecified atom stereocenters. The highest BCUT2D eigenvalue weighted by Crippen LogP contribution is 2.25. The predicted octanol–water partition coefficient (Wildman–Crippen LogP) is 0.503. The molecule has 0 amide bonds. The van der Waals surface area contributed by atoms with Crippen LogP contribution >= 0.6 is 0 Å². The summed E-state index contributed by atoms with van der Waals surface area (Å²) in [6, 6.07) is 3.31. The zero-order valence-corrected chi connectivity index (χ0v) is 6.31. The van der Waals surface area contributed by atoms with Crippen molar-refractivity contribution in [3.63, 3.8) is 0 Å². The van der Waals surface area contributed by atoms with Crippen LogP contribution in [0.15, 0.2) is 24.4 Å². The Morgan fingerprint density at radius 2 is 2.33 bits per heavy atom. The number of nitrogens with zero attached hydrogens (tertiary/aromatic N) is 1. The van der Waals surface area contributed by atoms with E-state index in [1.165, 1.54) is 12.2 Å². The summed E-state index contributed by atoms with van der Waals surface area (Å²) >= 11 is 0. The van der Waals surface area contributed by atoms with Gasteiger partial charge in [0.1, 0.15) is 12.2 Å². The van der Waals surface area contributed by atoms with Gasteiger partial charge in [-0.25, -0.2) is 0 Å². The molecule has 0 fully saturated rings. The van der Waals surface area contributed by atoms with Crippen LogP contribution in [-0.2, 0) is 0 Å². The van der Waals surface area contributed by atoms with Gasteiger partial charge in [0.05, 0.1) is 7.06 Å². The van der Waals surface area contributed by atoms with E-state index in [2.05, 4.69) is 4.98 Å². The quantitative estimate of drug-likeness (QED) is 0.587. The van der Waals surface area contributed by atoms with Gasteiger partial charge < -0.3 is 10.2 Å². The molecule has 0 radical (unpaired) electrons. The first-order valence-electron chi connectivity index (χ1n) is 4.16. The van der Waals surface area contributed by atoms with E-state index in [9.17, 15) is 10.2 Å². The first-order valence-corrected chi connectivity index (χ1v) is 3.66. The van der Waals surface area contributed by atoms with Gasteiger partial charge in [-0.3, -0.25) is 4.98 Å². The Morgan fingerprint density at radius 3 is 3.17 bits per heavy atom. The zero-order chi connectivity index (χ0) is 9.47. The number of aromatic nitrogens is 1. The molecule has 3 heteroatoms. The number of fused-ring (bicyclic) bond motifs is 1. The molecule has 0 aromatic carbocycles. The molecule has 0 bridgehead atoms. The number of rotatable bonds is 0. The van der Waals surface area contributed by atoms with Crippen LogP contribution in [0.25, 0.3) is 6.08 Å². The van der Waals surface area contributed by atoms with Crippen molar-refractivity contribution in [1.29, 1.82) is 0 Å². The average molecular weight is 164 g/mol. The van der Waals surface area contributed by atoms with E-state index >= 15 is 0 Å². The molecule has 0 spiro atoms. The second-order valence-electron chi connectivity index (χ2n) is 2.64. The third kappa shape index (κ3) is 1.03. The van der Waals surface area contributed by atoms with Gasteiger partial charge in [-0.2, -0.15) is 0 Å². The Morgan fingerprint density at radius 1 is 1.50 bits per heavy atom.